The largest absolute Gasteiger partial charge is 0.399 e. The highest BCUT2D eigenvalue weighted by Crippen LogP contribution is 2.18. The number of nitrogens with two attached hydrogens (primary N) is 1. The number of rotatable bonds is 4. The molecule has 0 aliphatic rings. The van der Waals surface area contributed by atoms with Crippen LogP contribution in [0.25, 0.3) is 0 Å². The molecule has 2 rings (SSSR count). The molecular weight excluding hydrogens is 282 g/mol. The van der Waals surface area contributed by atoms with Crippen LogP contribution in [0.2, 0.25) is 0 Å². The van der Waals surface area contributed by atoms with E-state index in [1.54, 1.807) is 13.0 Å². The fourth-order valence-corrected chi connectivity index (χ4v) is 2.64. The van der Waals surface area contributed by atoms with Gasteiger partial charge in [-0.1, -0.05) is 5.16 Å². The number of aryl methyl sites for hydroxylation is 1. The van der Waals surface area contributed by atoms with Gasteiger partial charge >= 0.3 is 0 Å². The number of sulfonamides is 1. The Hall–Kier alpha value is -2.44. The molecule has 0 saturated carbocycles. The van der Waals surface area contributed by atoms with Crippen LogP contribution in [0.4, 0.5) is 5.69 Å². The Morgan fingerprint density at radius 2 is 2.25 bits per heavy atom. The van der Waals surface area contributed by atoms with Crippen LogP contribution in [0.3, 0.4) is 0 Å². The highest BCUT2D eigenvalue weighted by Gasteiger charge is 2.19. The smallest absolute Gasteiger partial charge is 0.242 e. The molecule has 0 spiro atoms. The summed E-state index contributed by atoms with van der Waals surface area (Å²) in [6, 6.07) is 5.78. The van der Waals surface area contributed by atoms with Crippen molar-refractivity contribution in [2.75, 3.05) is 5.73 Å². The van der Waals surface area contributed by atoms with E-state index in [2.05, 4.69) is 14.9 Å². The Morgan fingerprint density at radius 1 is 1.50 bits per heavy atom. The summed E-state index contributed by atoms with van der Waals surface area (Å²) in [5.41, 5.74) is 5.80. The molecule has 1 aromatic heterocycles. The van der Waals surface area contributed by atoms with Crippen LogP contribution in [-0.4, -0.2) is 18.6 Å². The van der Waals surface area contributed by atoms with Gasteiger partial charge in [-0.3, -0.25) is 0 Å². The zero-order chi connectivity index (χ0) is 14.8. The Labute approximate surface area is 115 Å². The van der Waals surface area contributed by atoms with Gasteiger partial charge in [0.2, 0.25) is 15.9 Å². The Morgan fingerprint density at radius 3 is 2.85 bits per heavy atom. The van der Waals surface area contributed by atoms with Crippen molar-refractivity contribution < 1.29 is 12.9 Å². The lowest BCUT2D eigenvalue weighted by atomic mass is 10.2. The van der Waals surface area contributed by atoms with Gasteiger partial charge in [-0.05, 0) is 18.2 Å². The van der Waals surface area contributed by atoms with Crippen LogP contribution in [-0.2, 0) is 16.6 Å². The quantitative estimate of drug-likeness (QED) is 0.774. The van der Waals surface area contributed by atoms with Crippen LogP contribution in [0.1, 0.15) is 17.3 Å². The van der Waals surface area contributed by atoms with Crippen molar-refractivity contribution >= 4 is 15.7 Å². The molecule has 2 aromatic rings. The van der Waals surface area contributed by atoms with Gasteiger partial charge in [0, 0.05) is 12.6 Å². The van der Waals surface area contributed by atoms with Crippen molar-refractivity contribution in [2.45, 2.75) is 18.4 Å². The number of hydrogen-bond donors (Lipinski definition) is 2. The third-order valence-corrected chi connectivity index (χ3v) is 3.86. The molecule has 0 radical (unpaired) electrons. The van der Waals surface area contributed by atoms with Crippen LogP contribution < -0.4 is 10.5 Å². The van der Waals surface area contributed by atoms with Gasteiger partial charge in [-0.25, -0.2) is 13.1 Å². The number of nitrogens with one attached hydrogen (secondary N) is 1. The van der Waals surface area contributed by atoms with E-state index in [0.717, 1.165) is 0 Å². The van der Waals surface area contributed by atoms with Gasteiger partial charge in [0.25, 0.3) is 0 Å². The maximum absolute atomic E-state index is 12.1. The summed E-state index contributed by atoms with van der Waals surface area (Å²) in [4.78, 5) is 3.73. The molecule has 0 amide bonds. The lowest BCUT2D eigenvalue weighted by Gasteiger charge is -2.07. The maximum Gasteiger partial charge on any atom is 0.242 e. The molecule has 20 heavy (non-hydrogen) atoms. The minimum atomic E-state index is -3.86. The van der Waals surface area contributed by atoms with Crippen molar-refractivity contribution in [3.63, 3.8) is 0 Å². The predicted molar refractivity (Wildman–Crippen MR) is 68.6 cm³/mol. The lowest BCUT2D eigenvalue weighted by molar-refractivity contribution is 0.387. The summed E-state index contributed by atoms with van der Waals surface area (Å²) in [5, 5.41) is 12.5. The summed E-state index contributed by atoms with van der Waals surface area (Å²) >= 11 is 0. The molecule has 0 aliphatic carbocycles. The summed E-state index contributed by atoms with van der Waals surface area (Å²) in [6.45, 7) is 1.47. The number of nitrogen functional groups attached to an aromatic ring is 1. The zero-order valence-corrected chi connectivity index (χ0v) is 11.3. The molecule has 8 nitrogen and oxygen atoms in total. The highest BCUT2D eigenvalue weighted by molar-refractivity contribution is 7.89. The number of hydrogen-bond acceptors (Lipinski definition) is 7. The summed E-state index contributed by atoms with van der Waals surface area (Å²) in [7, 11) is -3.86. The lowest BCUT2D eigenvalue weighted by Crippen LogP contribution is -2.24. The first-order valence-electron chi connectivity index (χ1n) is 5.51. The number of nitriles is 1. The highest BCUT2D eigenvalue weighted by atomic mass is 32.2. The van der Waals surface area contributed by atoms with Gasteiger partial charge in [-0.15, -0.1) is 0 Å². The van der Waals surface area contributed by atoms with Crippen LogP contribution in [0.5, 0.6) is 0 Å². The second kappa shape index (κ2) is 5.28. The van der Waals surface area contributed by atoms with E-state index in [9.17, 15) is 8.42 Å². The summed E-state index contributed by atoms with van der Waals surface area (Å²) in [6.07, 6.45) is 0. The first-order valence-corrected chi connectivity index (χ1v) is 6.99. The summed E-state index contributed by atoms with van der Waals surface area (Å²) in [5.74, 6) is 0.546. The average Bonchev–Trinajstić information content (AvgIpc) is 2.82. The molecule has 0 aliphatic heterocycles. The SMILES string of the molecule is Cc1nc(CNS(=O)(=O)c2ccc(N)cc2C#N)no1. The van der Waals surface area contributed by atoms with Gasteiger partial charge in [-0.2, -0.15) is 10.2 Å². The standard InChI is InChI=1S/C11H11N5O3S/c1-7-15-11(16-19-7)6-14-20(17,18)10-3-2-9(13)4-8(10)5-12/h2-4,14H,6,13H2,1H3. The van der Waals surface area contributed by atoms with Gasteiger partial charge in [0.15, 0.2) is 5.82 Å². The van der Waals surface area contributed by atoms with Crippen molar-refractivity contribution in [1.29, 1.82) is 5.26 Å². The van der Waals surface area contributed by atoms with E-state index >= 15 is 0 Å². The Kier molecular flexibility index (Phi) is 3.69. The normalized spacial score (nSPS) is 11.2. The summed E-state index contributed by atoms with van der Waals surface area (Å²) < 4.78 is 31.3. The minimum absolute atomic E-state index is 0.0261. The fraction of sp³-hybridized carbons (Fsp3) is 0.182. The van der Waals surface area contributed by atoms with Crippen molar-refractivity contribution in [2.24, 2.45) is 0 Å². The number of nitrogens with zero attached hydrogens (tertiary/aromatic N) is 3. The predicted octanol–water partition coefficient (Wildman–Crippen LogP) is 0.310. The third kappa shape index (κ3) is 2.93. The van der Waals surface area contributed by atoms with E-state index in [4.69, 9.17) is 15.5 Å². The van der Waals surface area contributed by atoms with Crippen LogP contribution >= 0.6 is 0 Å². The minimum Gasteiger partial charge on any atom is -0.399 e. The Balaban J connectivity index is 2.25. The molecule has 0 fully saturated rings. The van der Waals surface area contributed by atoms with E-state index in [1.165, 1.54) is 18.2 Å². The Bertz CT molecular complexity index is 776. The molecule has 1 aromatic carbocycles. The molecule has 3 N–H and O–H groups in total. The van der Waals surface area contributed by atoms with Gasteiger partial charge in [0.05, 0.1) is 17.0 Å². The monoisotopic (exact) mass is 293 g/mol. The first kappa shape index (κ1) is 14.0. The molecular formula is C11H11N5O3S. The second-order valence-electron chi connectivity index (χ2n) is 3.92. The molecule has 9 heteroatoms. The first-order chi connectivity index (χ1) is 9.42. The molecule has 1 heterocycles. The topological polar surface area (TPSA) is 135 Å². The fourth-order valence-electron chi connectivity index (χ4n) is 1.52. The van der Waals surface area contributed by atoms with Gasteiger partial charge in [0.1, 0.15) is 6.07 Å². The molecule has 0 saturated heterocycles. The molecule has 0 atom stereocenters. The van der Waals surface area contributed by atoms with Crippen LogP contribution in [0, 0.1) is 18.3 Å². The second-order valence-corrected chi connectivity index (χ2v) is 5.66. The zero-order valence-electron chi connectivity index (χ0n) is 10.5. The number of aromatic nitrogens is 2. The third-order valence-electron chi connectivity index (χ3n) is 2.40. The van der Waals surface area contributed by atoms with E-state index in [1.807, 2.05) is 0 Å². The maximum atomic E-state index is 12.1. The average molecular weight is 293 g/mol. The molecule has 0 bridgehead atoms. The molecule has 0 unspecified atom stereocenters. The van der Waals surface area contributed by atoms with Crippen molar-refractivity contribution in [3.8, 4) is 6.07 Å². The number of anilines is 1. The van der Waals surface area contributed by atoms with Gasteiger partial charge < -0.3 is 10.3 Å². The number of benzene rings is 1. The van der Waals surface area contributed by atoms with E-state index in [-0.39, 0.29) is 22.8 Å². The van der Waals surface area contributed by atoms with Crippen molar-refractivity contribution in [3.05, 3.63) is 35.5 Å². The van der Waals surface area contributed by atoms with Crippen LogP contribution in [0.15, 0.2) is 27.6 Å². The van der Waals surface area contributed by atoms with E-state index < -0.39 is 10.0 Å². The van der Waals surface area contributed by atoms with E-state index in [0.29, 0.717) is 11.6 Å². The molecule has 104 valence electrons. The van der Waals surface area contributed by atoms with Crippen molar-refractivity contribution in [1.82, 2.24) is 14.9 Å².